The lowest BCUT2D eigenvalue weighted by molar-refractivity contribution is -0.134. The van der Waals surface area contributed by atoms with Gasteiger partial charge in [-0.3, -0.25) is 9.59 Å². The van der Waals surface area contributed by atoms with Crippen molar-refractivity contribution in [3.63, 3.8) is 0 Å². The first-order valence-corrected chi connectivity index (χ1v) is 10.7. The van der Waals surface area contributed by atoms with Crippen LogP contribution in [0.4, 0.5) is 5.95 Å². The topological polar surface area (TPSA) is 114 Å². The van der Waals surface area contributed by atoms with Gasteiger partial charge in [-0.05, 0) is 19.8 Å². The summed E-state index contributed by atoms with van der Waals surface area (Å²) in [5, 5.41) is 6.62. The molecule has 1 amide bonds. The van der Waals surface area contributed by atoms with Crippen molar-refractivity contribution in [1.29, 1.82) is 0 Å². The molecule has 10 nitrogen and oxygen atoms in total. The predicted octanol–water partition coefficient (Wildman–Crippen LogP) is 1.19. The van der Waals surface area contributed by atoms with E-state index < -0.39 is 0 Å². The molecular formula is C20H25ClN6O4. The largest absolute Gasteiger partial charge is 0.489 e. The first kappa shape index (κ1) is 21.5. The summed E-state index contributed by atoms with van der Waals surface area (Å²) in [5.74, 6) is 1.18. The lowest BCUT2D eigenvalue weighted by Crippen LogP contribution is -2.49. The molecule has 0 bridgehead atoms. The molecule has 0 spiro atoms. The Morgan fingerprint density at radius 3 is 2.65 bits per heavy atom. The SMILES string of the molecule is Cc1c(OC[C@@H]2CC[C@H](CC(=O)N3CCN(c4ncc(Cl)cn4)CC3)O2)cn[nH]c1=O. The van der Waals surface area contributed by atoms with E-state index in [2.05, 4.69) is 20.2 Å². The van der Waals surface area contributed by atoms with E-state index in [1.54, 1.807) is 19.3 Å². The zero-order chi connectivity index (χ0) is 21.8. The minimum absolute atomic E-state index is 0.0953. The summed E-state index contributed by atoms with van der Waals surface area (Å²) in [6, 6.07) is 0. The molecule has 11 heteroatoms. The molecule has 4 heterocycles. The van der Waals surface area contributed by atoms with Gasteiger partial charge in [-0.1, -0.05) is 11.6 Å². The fraction of sp³-hybridized carbons (Fsp3) is 0.550. The monoisotopic (exact) mass is 448 g/mol. The zero-order valence-electron chi connectivity index (χ0n) is 17.3. The smallest absolute Gasteiger partial charge is 0.270 e. The maximum absolute atomic E-state index is 12.7. The Hall–Kier alpha value is -2.72. The van der Waals surface area contributed by atoms with E-state index in [1.807, 2.05) is 9.80 Å². The highest BCUT2D eigenvalue weighted by Gasteiger charge is 2.30. The number of ether oxygens (including phenoxy) is 2. The normalized spacial score (nSPS) is 21.4. The summed E-state index contributed by atoms with van der Waals surface area (Å²) >= 11 is 5.84. The lowest BCUT2D eigenvalue weighted by atomic mass is 10.1. The summed E-state index contributed by atoms with van der Waals surface area (Å²) in [5.41, 5.74) is 0.221. The zero-order valence-corrected chi connectivity index (χ0v) is 18.0. The van der Waals surface area contributed by atoms with Gasteiger partial charge in [0.1, 0.15) is 12.4 Å². The maximum atomic E-state index is 12.7. The molecule has 4 rings (SSSR count). The van der Waals surface area contributed by atoms with Crippen molar-refractivity contribution in [3.05, 3.63) is 39.5 Å². The highest BCUT2D eigenvalue weighted by Crippen LogP contribution is 2.24. The number of nitrogens with zero attached hydrogens (tertiary/aromatic N) is 5. The molecule has 2 aliphatic rings. The molecule has 0 radical (unpaired) electrons. The number of piperazine rings is 1. The maximum Gasteiger partial charge on any atom is 0.270 e. The van der Waals surface area contributed by atoms with E-state index in [0.29, 0.717) is 61.5 Å². The number of anilines is 1. The first-order valence-electron chi connectivity index (χ1n) is 10.3. The molecular weight excluding hydrogens is 424 g/mol. The van der Waals surface area contributed by atoms with Crippen LogP contribution >= 0.6 is 11.6 Å². The number of hydrogen-bond donors (Lipinski definition) is 1. The summed E-state index contributed by atoms with van der Waals surface area (Å²) in [6.07, 6.45) is 6.41. The first-order chi connectivity index (χ1) is 15.0. The number of aromatic amines is 1. The van der Waals surface area contributed by atoms with E-state index >= 15 is 0 Å². The number of aromatic nitrogens is 4. The number of nitrogens with one attached hydrogen (secondary N) is 1. The number of rotatable bonds is 6. The molecule has 2 aliphatic heterocycles. The van der Waals surface area contributed by atoms with Gasteiger partial charge in [-0.2, -0.15) is 5.10 Å². The Balaban J connectivity index is 1.20. The molecule has 2 aromatic heterocycles. The van der Waals surface area contributed by atoms with Gasteiger partial charge in [0, 0.05) is 26.2 Å². The van der Waals surface area contributed by atoms with Gasteiger partial charge in [-0.25, -0.2) is 15.1 Å². The van der Waals surface area contributed by atoms with Gasteiger partial charge < -0.3 is 19.3 Å². The van der Waals surface area contributed by atoms with Crippen LogP contribution in [0.15, 0.2) is 23.4 Å². The Morgan fingerprint density at radius 1 is 1.19 bits per heavy atom. The quantitative estimate of drug-likeness (QED) is 0.701. The molecule has 2 fully saturated rings. The molecule has 31 heavy (non-hydrogen) atoms. The number of amides is 1. The van der Waals surface area contributed by atoms with Crippen LogP contribution in [0.1, 0.15) is 24.8 Å². The van der Waals surface area contributed by atoms with Crippen molar-refractivity contribution in [3.8, 4) is 5.75 Å². The van der Waals surface area contributed by atoms with E-state index in [4.69, 9.17) is 21.1 Å². The van der Waals surface area contributed by atoms with Crippen LogP contribution in [0.3, 0.4) is 0 Å². The molecule has 0 unspecified atom stereocenters. The van der Waals surface area contributed by atoms with E-state index in [0.717, 1.165) is 12.8 Å². The molecule has 0 aliphatic carbocycles. The van der Waals surface area contributed by atoms with Gasteiger partial charge in [0.15, 0.2) is 0 Å². The summed E-state index contributed by atoms with van der Waals surface area (Å²) in [4.78, 5) is 36.7. The van der Waals surface area contributed by atoms with Gasteiger partial charge in [0.2, 0.25) is 11.9 Å². The van der Waals surface area contributed by atoms with Crippen LogP contribution in [0.2, 0.25) is 5.02 Å². The van der Waals surface area contributed by atoms with Crippen molar-refractivity contribution in [2.45, 2.75) is 38.4 Å². The minimum Gasteiger partial charge on any atom is -0.489 e. The average molecular weight is 449 g/mol. The molecule has 2 aromatic rings. The van der Waals surface area contributed by atoms with Crippen molar-refractivity contribution in [1.82, 2.24) is 25.1 Å². The van der Waals surface area contributed by atoms with E-state index in [-0.39, 0.29) is 23.7 Å². The second kappa shape index (κ2) is 9.61. The van der Waals surface area contributed by atoms with Crippen LogP contribution in [0.5, 0.6) is 5.75 Å². The molecule has 0 aromatic carbocycles. The molecule has 2 atom stereocenters. The fourth-order valence-corrected chi connectivity index (χ4v) is 3.87. The van der Waals surface area contributed by atoms with Crippen LogP contribution < -0.4 is 15.2 Å². The number of carbonyl (C=O) groups is 1. The third-order valence-electron chi connectivity index (χ3n) is 5.60. The van der Waals surface area contributed by atoms with Crippen molar-refractivity contribution < 1.29 is 14.3 Å². The molecule has 166 valence electrons. The average Bonchev–Trinajstić information content (AvgIpc) is 3.22. The highest BCUT2D eigenvalue weighted by molar-refractivity contribution is 6.30. The Morgan fingerprint density at radius 2 is 1.90 bits per heavy atom. The Labute approximate surface area is 184 Å². The second-order valence-electron chi connectivity index (χ2n) is 7.73. The number of H-pyrrole nitrogens is 1. The lowest BCUT2D eigenvalue weighted by Gasteiger charge is -2.35. The Bertz CT molecular complexity index is 961. The van der Waals surface area contributed by atoms with E-state index in [1.165, 1.54) is 6.20 Å². The number of carbonyl (C=O) groups excluding carboxylic acids is 1. The second-order valence-corrected chi connectivity index (χ2v) is 8.17. The van der Waals surface area contributed by atoms with E-state index in [9.17, 15) is 9.59 Å². The summed E-state index contributed by atoms with van der Waals surface area (Å²) in [6.45, 7) is 4.62. The minimum atomic E-state index is -0.268. The summed E-state index contributed by atoms with van der Waals surface area (Å²) < 4.78 is 11.7. The van der Waals surface area contributed by atoms with Crippen LogP contribution in [-0.4, -0.2) is 76.0 Å². The number of hydrogen-bond acceptors (Lipinski definition) is 8. The third-order valence-corrected chi connectivity index (χ3v) is 5.80. The molecule has 2 saturated heterocycles. The van der Waals surface area contributed by atoms with Crippen molar-refractivity contribution >= 4 is 23.5 Å². The number of halogens is 1. The van der Waals surface area contributed by atoms with Crippen LogP contribution in [0.25, 0.3) is 0 Å². The molecule has 0 saturated carbocycles. The molecule has 1 N–H and O–H groups in total. The fourth-order valence-electron chi connectivity index (χ4n) is 3.77. The standard InChI is InChI=1S/C20H25ClN6O4/c1-13-17(11-24-25-19(13)29)30-12-16-3-2-15(31-16)8-18(28)26-4-6-27(7-5-26)20-22-9-14(21)10-23-20/h9-11,15-16H,2-8,12H2,1H3,(H,25,29)/t15-,16+/m1/s1. The van der Waals surface area contributed by atoms with Crippen LogP contribution in [0, 0.1) is 6.92 Å². The van der Waals surface area contributed by atoms with Gasteiger partial charge in [-0.15, -0.1) is 0 Å². The third kappa shape index (κ3) is 5.31. The van der Waals surface area contributed by atoms with Gasteiger partial charge in [0.25, 0.3) is 5.56 Å². The van der Waals surface area contributed by atoms with Gasteiger partial charge in [0.05, 0.1) is 47.8 Å². The summed E-state index contributed by atoms with van der Waals surface area (Å²) in [7, 11) is 0. The Kier molecular flexibility index (Phi) is 6.67. The van der Waals surface area contributed by atoms with Crippen molar-refractivity contribution in [2.24, 2.45) is 0 Å². The highest BCUT2D eigenvalue weighted by atomic mass is 35.5. The predicted molar refractivity (Wildman–Crippen MR) is 113 cm³/mol. The van der Waals surface area contributed by atoms with Gasteiger partial charge >= 0.3 is 0 Å². The van der Waals surface area contributed by atoms with Crippen molar-refractivity contribution in [2.75, 3.05) is 37.7 Å². The van der Waals surface area contributed by atoms with Crippen LogP contribution in [-0.2, 0) is 9.53 Å².